The maximum absolute atomic E-state index is 13.7. The molecule has 108 valence electrons. The van der Waals surface area contributed by atoms with Crippen LogP contribution in [-0.4, -0.2) is 17.0 Å². The number of aromatic carboxylic acids is 1. The van der Waals surface area contributed by atoms with E-state index in [0.717, 1.165) is 6.07 Å². The normalized spacial score (nSPS) is 10.2. The number of amides is 1. The second-order valence-corrected chi connectivity index (χ2v) is 5.04. The number of anilines is 2. The van der Waals surface area contributed by atoms with Crippen LogP contribution in [0.4, 0.5) is 15.8 Å². The molecule has 2 rings (SSSR count). The molecule has 0 saturated carbocycles. The summed E-state index contributed by atoms with van der Waals surface area (Å²) in [6.45, 7) is 0. The van der Waals surface area contributed by atoms with Crippen LogP contribution >= 0.6 is 15.9 Å². The Morgan fingerprint density at radius 2 is 1.81 bits per heavy atom. The number of rotatable bonds is 3. The molecule has 2 aromatic carbocycles. The topological polar surface area (TPSA) is 92.4 Å². The zero-order valence-electron chi connectivity index (χ0n) is 10.6. The molecular weight excluding hydrogens is 343 g/mol. The van der Waals surface area contributed by atoms with Crippen LogP contribution in [0, 0.1) is 5.82 Å². The third-order valence-electron chi connectivity index (χ3n) is 2.73. The van der Waals surface area contributed by atoms with Gasteiger partial charge in [0, 0.05) is 15.7 Å². The summed E-state index contributed by atoms with van der Waals surface area (Å²) in [6, 6.07) is 7.80. The van der Waals surface area contributed by atoms with E-state index < -0.39 is 17.7 Å². The fourth-order valence-electron chi connectivity index (χ4n) is 1.61. The van der Waals surface area contributed by atoms with E-state index in [2.05, 4.69) is 21.2 Å². The lowest BCUT2D eigenvalue weighted by Gasteiger charge is -2.08. The first-order valence-electron chi connectivity index (χ1n) is 5.77. The van der Waals surface area contributed by atoms with Crippen molar-refractivity contribution in [3.63, 3.8) is 0 Å². The predicted molar refractivity (Wildman–Crippen MR) is 79.9 cm³/mol. The Morgan fingerprint density at radius 3 is 2.38 bits per heavy atom. The Hall–Kier alpha value is -2.41. The maximum atomic E-state index is 13.7. The molecule has 2 aromatic rings. The largest absolute Gasteiger partial charge is 0.478 e. The van der Waals surface area contributed by atoms with Crippen LogP contribution in [-0.2, 0) is 0 Å². The molecule has 0 spiro atoms. The van der Waals surface area contributed by atoms with Crippen molar-refractivity contribution in [2.75, 3.05) is 11.1 Å². The summed E-state index contributed by atoms with van der Waals surface area (Å²) in [5.41, 5.74) is 6.09. The quantitative estimate of drug-likeness (QED) is 0.740. The van der Waals surface area contributed by atoms with Crippen molar-refractivity contribution < 1.29 is 19.1 Å². The van der Waals surface area contributed by atoms with Gasteiger partial charge in [-0.1, -0.05) is 0 Å². The predicted octanol–water partition coefficient (Wildman–Crippen LogP) is 3.12. The first-order chi connectivity index (χ1) is 9.88. The first kappa shape index (κ1) is 15.0. The summed E-state index contributed by atoms with van der Waals surface area (Å²) < 4.78 is 14.3. The number of carboxylic acids is 1. The molecule has 0 aliphatic rings. The molecule has 5 nitrogen and oxygen atoms in total. The number of carbonyl (C=O) groups excluding carboxylic acids is 1. The summed E-state index contributed by atoms with van der Waals surface area (Å²) in [5.74, 6) is -2.59. The van der Waals surface area contributed by atoms with Crippen molar-refractivity contribution in [2.45, 2.75) is 0 Å². The van der Waals surface area contributed by atoms with Crippen molar-refractivity contribution in [1.29, 1.82) is 0 Å². The average Bonchev–Trinajstić information content (AvgIpc) is 2.43. The van der Waals surface area contributed by atoms with Gasteiger partial charge in [-0.3, -0.25) is 4.79 Å². The van der Waals surface area contributed by atoms with E-state index in [4.69, 9.17) is 10.8 Å². The number of carbonyl (C=O) groups is 2. The fourth-order valence-corrected chi connectivity index (χ4v) is 1.99. The van der Waals surface area contributed by atoms with E-state index >= 15 is 0 Å². The lowest BCUT2D eigenvalue weighted by molar-refractivity contribution is 0.0696. The van der Waals surface area contributed by atoms with Crippen LogP contribution in [0.1, 0.15) is 20.7 Å². The highest BCUT2D eigenvalue weighted by molar-refractivity contribution is 9.10. The van der Waals surface area contributed by atoms with E-state index in [1.54, 1.807) is 6.07 Å². The minimum atomic E-state index is -1.24. The van der Waals surface area contributed by atoms with Gasteiger partial charge in [0.1, 0.15) is 5.82 Å². The van der Waals surface area contributed by atoms with Gasteiger partial charge in [-0.15, -0.1) is 0 Å². The van der Waals surface area contributed by atoms with Crippen LogP contribution in [0.25, 0.3) is 0 Å². The van der Waals surface area contributed by atoms with Crippen molar-refractivity contribution in [3.8, 4) is 0 Å². The molecule has 0 saturated heterocycles. The van der Waals surface area contributed by atoms with Crippen LogP contribution in [0.15, 0.2) is 40.9 Å². The lowest BCUT2D eigenvalue weighted by atomic mass is 10.1. The van der Waals surface area contributed by atoms with Gasteiger partial charge in [0.25, 0.3) is 5.91 Å². The molecule has 1 amide bonds. The maximum Gasteiger partial charge on any atom is 0.335 e. The van der Waals surface area contributed by atoms with Crippen molar-refractivity contribution in [3.05, 3.63) is 57.8 Å². The summed E-state index contributed by atoms with van der Waals surface area (Å²) >= 11 is 3.20. The SMILES string of the molecule is Nc1ccc(C(=O)Nc2ccc(C(=O)O)cc2F)cc1Br. The lowest BCUT2D eigenvalue weighted by Crippen LogP contribution is -2.13. The van der Waals surface area contributed by atoms with Gasteiger partial charge in [0.15, 0.2) is 0 Å². The van der Waals surface area contributed by atoms with E-state index in [9.17, 15) is 14.0 Å². The average molecular weight is 353 g/mol. The molecule has 0 radical (unpaired) electrons. The molecule has 0 aromatic heterocycles. The second kappa shape index (κ2) is 5.92. The van der Waals surface area contributed by atoms with Gasteiger partial charge in [0.2, 0.25) is 0 Å². The Bertz CT molecular complexity index is 734. The third-order valence-corrected chi connectivity index (χ3v) is 3.41. The Balaban J connectivity index is 2.23. The summed E-state index contributed by atoms with van der Waals surface area (Å²) in [5, 5.41) is 11.1. The van der Waals surface area contributed by atoms with Gasteiger partial charge in [0.05, 0.1) is 11.3 Å². The number of hydrogen-bond acceptors (Lipinski definition) is 3. The van der Waals surface area contributed by atoms with Gasteiger partial charge < -0.3 is 16.2 Å². The molecule has 4 N–H and O–H groups in total. The molecule has 0 aliphatic heterocycles. The van der Waals surface area contributed by atoms with E-state index in [-0.39, 0.29) is 16.8 Å². The highest BCUT2D eigenvalue weighted by atomic mass is 79.9. The highest BCUT2D eigenvalue weighted by Gasteiger charge is 2.12. The number of nitrogens with two attached hydrogens (primary N) is 1. The Kier molecular flexibility index (Phi) is 4.23. The van der Waals surface area contributed by atoms with Crippen LogP contribution < -0.4 is 11.1 Å². The zero-order chi connectivity index (χ0) is 15.6. The number of halogens is 2. The van der Waals surface area contributed by atoms with Crippen molar-refractivity contribution in [1.82, 2.24) is 0 Å². The molecule has 0 fully saturated rings. The third kappa shape index (κ3) is 3.38. The second-order valence-electron chi connectivity index (χ2n) is 4.19. The van der Waals surface area contributed by atoms with Crippen LogP contribution in [0.2, 0.25) is 0 Å². The number of benzene rings is 2. The molecular formula is C14H10BrFN2O3. The zero-order valence-corrected chi connectivity index (χ0v) is 12.1. The van der Waals surface area contributed by atoms with E-state index in [1.807, 2.05) is 0 Å². The Labute approximate surface area is 127 Å². The minimum absolute atomic E-state index is 0.0991. The van der Waals surface area contributed by atoms with E-state index in [1.165, 1.54) is 24.3 Å². The first-order valence-corrected chi connectivity index (χ1v) is 6.57. The van der Waals surface area contributed by atoms with Crippen molar-refractivity contribution in [2.24, 2.45) is 0 Å². The molecule has 0 heterocycles. The van der Waals surface area contributed by atoms with Gasteiger partial charge in [-0.05, 0) is 52.3 Å². The number of nitrogens with one attached hydrogen (secondary N) is 1. The number of nitrogen functional groups attached to an aromatic ring is 1. The summed E-state index contributed by atoms with van der Waals surface area (Å²) in [7, 11) is 0. The molecule has 21 heavy (non-hydrogen) atoms. The van der Waals surface area contributed by atoms with Crippen molar-refractivity contribution >= 4 is 39.2 Å². The fraction of sp³-hybridized carbons (Fsp3) is 0. The molecule has 7 heteroatoms. The molecule has 0 atom stereocenters. The molecule has 0 bridgehead atoms. The van der Waals surface area contributed by atoms with Gasteiger partial charge in [-0.2, -0.15) is 0 Å². The summed E-state index contributed by atoms with van der Waals surface area (Å²) in [4.78, 5) is 22.7. The highest BCUT2D eigenvalue weighted by Crippen LogP contribution is 2.22. The van der Waals surface area contributed by atoms with E-state index in [0.29, 0.717) is 10.2 Å². The monoisotopic (exact) mass is 352 g/mol. The van der Waals surface area contributed by atoms with Crippen LogP contribution in [0.5, 0.6) is 0 Å². The smallest absolute Gasteiger partial charge is 0.335 e. The minimum Gasteiger partial charge on any atom is -0.478 e. The van der Waals surface area contributed by atoms with Gasteiger partial charge >= 0.3 is 5.97 Å². The number of carboxylic acid groups (broad SMARTS) is 1. The summed E-state index contributed by atoms with van der Waals surface area (Å²) in [6.07, 6.45) is 0. The standard InChI is InChI=1S/C14H10BrFN2O3/c15-9-5-7(1-3-11(9)17)13(19)18-12-4-2-8(14(20)21)6-10(12)16/h1-6H,17H2,(H,18,19)(H,20,21). The Morgan fingerprint density at radius 1 is 1.14 bits per heavy atom. The number of hydrogen-bond donors (Lipinski definition) is 3. The molecule has 0 unspecified atom stereocenters. The van der Waals surface area contributed by atoms with Gasteiger partial charge in [-0.25, -0.2) is 9.18 Å². The van der Waals surface area contributed by atoms with Crippen LogP contribution in [0.3, 0.4) is 0 Å². The molecule has 0 aliphatic carbocycles.